The lowest BCUT2D eigenvalue weighted by Gasteiger charge is -2.10. The molecule has 2 aromatic rings. The third-order valence-corrected chi connectivity index (χ3v) is 2.90. The number of carbonyl (C=O) groups excluding carboxylic acids is 2. The van der Waals surface area contributed by atoms with Crippen LogP contribution in [0.2, 0.25) is 0 Å². The van der Waals surface area contributed by atoms with Gasteiger partial charge in [0.25, 0.3) is 5.91 Å². The highest BCUT2D eigenvalue weighted by atomic mass is 16.3. The average Bonchev–Trinajstić information content (AvgIpc) is 2.49. The van der Waals surface area contributed by atoms with Gasteiger partial charge in [-0.3, -0.25) is 10.2 Å². The van der Waals surface area contributed by atoms with Crippen LogP contribution in [0.15, 0.2) is 36.4 Å². The summed E-state index contributed by atoms with van der Waals surface area (Å²) in [6.45, 7) is 1.87. The number of amides is 3. The first kappa shape index (κ1) is 16.0. The zero-order valence-corrected chi connectivity index (χ0v) is 12.1. The molecule has 0 unspecified atom stereocenters. The van der Waals surface area contributed by atoms with Gasteiger partial charge in [-0.2, -0.15) is 0 Å². The van der Waals surface area contributed by atoms with E-state index in [0.717, 1.165) is 17.7 Å². The van der Waals surface area contributed by atoms with Gasteiger partial charge in [0, 0.05) is 11.3 Å². The molecule has 8 nitrogen and oxygen atoms in total. The van der Waals surface area contributed by atoms with Crippen LogP contribution in [0.25, 0.3) is 0 Å². The molecule has 0 saturated heterocycles. The minimum absolute atomic E-state index is 0.145. The van der Waals surface area contributed by atoms with Crippen molar-refractivity contribution in [2.24, 2.45) is 0 Å². The Balaban J connectivity index is 1.95. The molecule has 0 aliphatic rings. The molecule has 0 radical (unpaired) electrons. The van der Waals surface area contributed by atoms with Crippen LogP contribution < -0.4 is 16.2 Å². The van der Waals surface area contributed by atoms with Gasteiger partial charge >= 0.3 is 6.03 Å². The summed E-state index contributed by atoms with van der Waals surface area (Å²) in [4.78, 5) is 23.5. The zero-order chi connectivity index (χ0) is 17.0. The van der Waals surface area contributed by atoms with Crippen molar-refractivity contribution in [3.05, 3.63) is 47.5 Å². The molecule has 0 saturated carbocycles. The molecule has 0 bridgehead atoms. The summed E-state index contributed by atoms with van der Waals surface area (Å²) in [5.41, 5.74) is 5.60. The first-order valence-corrected chi connectivity index (χ1v) is 6.56. The molecule has 0 aliphatic carbocycles. The van der Waals surface area contributed by atoms with Crippen LogP contribution in [0, 0.1) is 6.92 Å². The lowest BCUT2D eigenvalue weighted by Crippen LogP contribution is -2.43. The number of benzene rings is 2. The molecule has 0 atom stereocenters. The summed E-state index contributed by atoms with van der Waals surface area (Å²) >= 11 is 0. The Morgan fingerprint density at radius 3 is 2.22 bits per heavy atom. The molecule has 0 heterocycles. The van der Waals surface area contributed by atoms with Crippen molar-refractivity contribution in [1.29, 1.82) is 0 Å². The smallest absolute Gasteiger partial charge is 0.337 e. The van der Waals surface area contributed by atoms with Gasteiger partial charge in [0.1, 0.15) is 0 Å². The largest absolute Gasteiger partial charge is 0.504 e. The quantitative estimate of drug-likeness (QED) is 0.370. The number of urea groups is 1. The number of anilines is 1. The Hall–Kier alpha value is -3.42. The SMILES string of the molecule is Cc1cccc(NC(=O)NNC(=O)c2cc(O)c(O)c(O)c2)c1. The fourth-order valence-electron chi connectivity index (χ4n) is 1.81. The normalized spacial score (nSPS) is 9.96. The molecule has 2 aromatic carbocycles. The number of phenols is 3. The van der Waals surface area contributed by atoms with E-state index in [1.165, 1.54) is 0 Å². The molecule has 3 amide bonds. The van der Waals surface area contributed by atoms with Gasteiger partial charge < -0.3 is 20.6 Å². The lowest BCUT2D eigenvalue weighted by atomic mass is 10.2. The first-order valence-electron chi connectivity index (χ1n) is 6.56. The topological polar surface area (TPSA) is 131 Å². The van der Waals surface area contributed by atoms with Crippen molar-refractivity contribution < 1.29 is 24.9 Å². The van der Waals surface area contributed by atoms with Crippen molar-refractivity contribution >= 4 is 17.6 Å². The fourth-order valence-corrected chi connectivity index (χ4v) is 1.81. The van der Waals surface area contributed by atoms with E-state index in [-0.39, 0.29) is 5.56 Å². The molecule has 6 N–H and O–H groups in total. The lowest BCUT2D eigenvalue weighted by molar-refractivity contribution is 0.0937. The minimum Gasteiger partial charge on any atom is -0.504 e. The number of phenolic OH excluding ortho intramolecular Hbond substituents is 3. The second-order valence-corrected chi connectivity index (χ2v) is 4.77. The summed E-state index contributed by atoms with van der Waals surface area (Å²) in [7, 11) is 0. The maximum absolute atomic E-state index is 11.8. The third kappa shape index (κ3) is 4.03. The van der Waals surface area contributed by atoms with E-state index in [9.17, 15) is 24.9 Å². The van der Waals surface area contributed by atoms with E-state index in [1.54, 1.807) is 18.2 Å². The van der Waals surface area contributed by atoms with Crippen LogP contribution in [0.4, 0.5) is 10.5 Å². The molecule has 0 aliphatic heterocycles. The van der Waals surface area contributed by atoms with E-state index in [4.69, 9.17) is 0 Å². The third-order valence-electron chi connectivity index (χ3n) is 2.90. The standard InChI is InChI=1S/C15H15N3O5/c1-8-3-2-4-10(5-8)16-15(23)18-17-14(22)9-6-11(19)13(21)12(20)7-9/h2-7,19-21H,1H3,(H,17,22)(H2,16,18,23). The molecule has 0 spiro atoms. The zero-order valence-electron chi connectivity index (χ0n) is 12.1. The highest BCUT2D eigenvalue weighted by Gasteiger charge is 2.14. The number of aryl methyl sites for hydroxylation is 1. The maximum atomic E-state index is 11.8. The molecule has 8 heteroatoms. The van der Waals surface area contributed by atoms with Gasteiger partial charge in [-0.1, -0.05) is 12.1 Å². The number of hydrogen-bond acceptors (Lipinski definition) is 5. The van der Waals surface area contributed by atoms with E-state index in [2.05, 4.69) is 16.2 Å². The van der Waals surface area contributed by atoms with Crippen LogP contribution in [-0.2, 0) is 0 Å². The van der Waals surface area contributed by atoms with Gasteiger partial charge in [-0.05, 0) is 36.8 Å². The monoisotopic (exact) mass is 317 g/mol. The van der Waals surface area contributed by atoms with Gasteiger partial charge in [0.15, 0.2) is 17.2 Å². The minimum atomic E-state index is -0.782. The second-order valence-electron chi connectivity index (χ2n) is 4.77. The summed E-state index contributed by atoms with van der Waals surface area (Å²) in [5, 5.41) is 30.4. The van der Waals surface area contributed by atoms with Crippen molar-refractivity contribution in [3.63, 3.8) is 0 Å². The van der Waals surface area contributed by atoms with E-state index in [1.807, 2.05) is 13.0 Å². The molecular formula is C15H15N3O5. The number of hydrazine groups is 1. The van der Waals surface area contributed by atoms with Crippen molar-refractivity contribution in [3.8, 4) is 17.2 Å². The number of rotatable bonds is 2. The first-order chi connectivity index (χ1) is 10.9. The van der Waals surface area contributed by atoms with Gasteiger partial charge in [-0.25, -0.2) is 10.2 Å². The molecule has 0 fully saturated rings. The highest BCUT2D eigenvalue weighted by Crippen LogP contribution is 2.35. The molecular weight excluding hydrogens is 302 g/mol. The predicted molar refractivity (Wildman–Crippen MR) is 82.2 cm³/mol. The van der Waals surface area contributed by atoms with Crippen LogP contribution in [0.5, 0.6) is 17.2 Å². The molecule has 120 valence electrons. The Labute approximate surface area is 131 Å². The average molecular weight is 317 g/mol. The molecule has 2 rings (SSSR count). The van der Waals surface area contributed by atoms with Crippen LogP contribution in [0.1, 0.15) is 15.9 Å². The summed E-state index contributed by atoms with van der Waals surface area (Å²) < 4.78 is 0. The second kappa shape index (κ2) is 6.56. The Morgan fingerprint density at radius 1 is 0.957 bits per heavy atom. The van der Waals surface area contributed by atoms with Crippen LogP contribution >= 0.6 is 0 Å². The summed E-state index contributed by atoms with van der Waals surface area (Å²) in [5.74, 6) is -2.82. The van der Waals surface area contributed by atoms with E-state index >= 15 is 0 Å². The Bertz CT molecular complexity index is 738. The predicted octanol–water partition coefficient (Wildman–Crippen LogP) is 1.58. The van der Waals surface area contributed by atoms with E-state index in [0.29, 0.717) is 5.69 Å². The summed E-state index contributed by atoms with van der Waals surface area (Å²) in [6, 6.07) is 8.30. The number of hydrogen-bond donors (Lipinski definition) is 6. The number of aromatic hydroxyl groups is 3. The van der Waals surface area contributed by atoms with Gasteiger partial charge in [-0.15, -0.1) is 0 Å². The fraction of sp³-hybridized carbons (Fsp3) is 0.0667. The number of carbonyl (C=O) groups is 2. The highest BCUT2D eigenvalue weighted by molar-refractivity contribution is 5.98. The van der Waals surface area contributed by atoms with Crippen molar-refractivity contribution in [2.45, 2.75) is 6.92 Å². The summed E-state index contributed by atoms with van der Waals surface area (Å²) in [6.07, 6.45) is 0. The van der Waals surface area contributed by atoms with Crippen LogP contribution in [0.3, 0.4) is 0 Å². The van der Waals surface area contributed by atoms with Crippen molar-refractivity contribution in [1.82, 2.24) is 10.9 Å². The van der Waals surface area contributed by atoms with Crippen molar-refractivity contribution in [2.75, 3.05) is 5.32 Å². The van der Waals surface area contributed by atoms with Gasteiger partial charge in [0.2, 0.25) is 0 Å². The Kier molecular flexibility index (Phi) is 4.55. The number of nitrogens with one attached hydrogen (secondary N) is 3. The van der Waals surface area contributed by atoms with E-state index < -0.39 is 29.2 Å². The molecule has 0 aromatic heterocycles. The molecule has 23 heavy (non-hydrogen) atoms. The van der Waals surface area contributed by atoms with Gasteiger partial charge in [0.05, 0.1) is 0 Å². The van der Waals surface area contributed by atoms with Crippen LogP contribution in [-0.4, -0.2) is 27.3 Å². The Morgan fingerprint density at radius 2 is 1.61 bits per heavy atom. The maximum Gasteiger partial charge on any atom is 0.337 e.